The Hall–Kier alpha value is -2.47. The van der Waals surface area contributed by atoms with E-state index in [0.29, 0.717) is 17.2 Å². The molecule has 5 nitrogen and oxygen atoms in total. The van der Waals surface area contributed by atoms with Crippen LogP contribution in [0.2, 0.25) is 0 Å². The highest BCUT2D eigenvalue weighted by molar-refractivity contribution is 7.13. The molecule has 3 heterocycles. The zero-order valence-electron chi connectivity index (χ0n) is 12.3. The summed E-state index contributed by atoms with van der Waals surface area (Å²) < 4.78 is 5.33. The molecule has 0 aliphatic rings. The van der Waals surface area contributed by atoms with Gasteiger partial charge >= 0.3 is 0 Å². The molecule has 0 unspecified atom stereocenters. The van der Waals surface area contributed by atoms with Gasteiger partial charge in [0.1, 0.15) is 10.6 Å². The first-order chi connectivity index (χ1) is 10.6. The number of hydrogen-bond acceptors (Lipinski definition) is 5. The summed E-state index contributed by atoms with van der Waals surface area (Å²) in [7, 11) is 0. The minimum absolute atomic E-state index is 0.0977. The van der Waals surface area contributed by atoms with Crippen LogP contribution in [0.25, 0.3) is 11.5 Å². The third-order valence-corrected chi connectivity index (χ3v) is 4.23. The first-order valence-corrected chi connectivity index (χ1v) is 7.66. The number of nitrogens with zero attached hydrogens (tertiary/aromatic N) is 2. The van der Waals surface area contributed by atoms with Crippen molar-refractivity contribution in [3.8, 4) is 11.5 Å². The van der Waals surface area contributed by atoms with Crippen LogP contribution in [0.4, 0.5) is 0 Å². The zero-order chi connectivity index (χ0) is 15.5. The number of carbonyl (C=O) groups is 1. The van der Waals surface area contributed by atoms with Gasteiger partial charge < -0.3 is 9.73 Å². The van der Waals surface area contributed by atoms with E-state index in [1.165, 1.54) is 11.3 Å². The van der Waals surface area contributed by atoms with Gasteiger partial charge in [-0.15, -0.1) is 11.3 Å². The maximum absolute atomic E-state index is 12.2. The van der Waals surface area contributed by atoms with Crippen LogP contribution in [-0.4, -0.2) is 15.9 Å². The van der Waals surface area contributed by atoms with Crippen molar-refractivity contribution < 1.29 is 9.21 Å². The van der Waals surface area contributed by atoms with Gasteiger partial charge in [-0.2, -0.15) is 0 Å². The molecule has 0 radical (unpaired) electrons. The van der Waals surface area contributed by atoms with Crippen LogP contribution in [0, 0.1) is 13.8 Å². The molecule has 0 aliphatic carbocycles. The van der Waals surface area contributed by atoms with E-state index in [1.54, 1.807) is 12.5 Å². The standard InChI is InChI=1S/C16H15N3O2S/c1-10-15(22-11(2)19-10)16(20)18-9-12-5-6-17-13(8-12)14-4-3-7-21-14/h3-8H,9H2,1-2H3,(H,18,20). The number of nitrogens with one attached hydrogen (secondary N) is 1. The topological polar surface area (TPSA) is 68.0 Å². The van der Waals surface area contributed by atoms with Crippen molar-refractivity contribution in [2.75, 3.05) is 0 Å². The van der Waals surface area contributed by atoms with Gasteiger partial charge in [0.05, 0.1) is 17.0 Å². The van der Waals surface area contributed by atoms with Crippen LogP contribution in [0.3, 0.4) is 0 Å². The normalized spacial score (nSPS) is 10.6. The summed E-state index contributed by atoms with van der Waals surface area (Å²) >= 11 is 1.41. The molecular formula is C16H15N3O2S. The highest BCUT2D eigenvalue weighted by Gasteiger charge is 2.13. The Morgan fingerprint density at radius 1 is 1.36 bits per heavy atom. The molecule has 0 fully saturated rings. The number of furan rings is 1. The summed E-state index contributed by atoms with van der Waals surface area (Å²) in [6, 6.07) is 7.45. The lowest BCUT2D eigenvalue weighted by Gasteiger charge is -2.05. The Morgan fingerprint density at radius 3 is 2.91 bits per heavy atom. The number of pyridine rings is 1. The van der Waals surface area contributed by atoms with Crippen molar-refractivity contribution in [3.05, 3.63) is 57.9 Å². The summed E-state index contributed by atoms with van der Waals surface area (Å²) in [5.74, 6) is 0.613. The molecule has 1 amide bonds. The van der Waals surface area contributed by atoms with Crippen LogP contribution in [0.15, 0.2) is 41.1 Å². The second kappa shape index (κ2) is 6.11. The van der Waals surface area contributed by atoms with Crippen molar-refractivity contribution in [2.45, 2.75) is 20.4 Å². The van der Waals surface area contributed by atoms with Crippen molar-refractivity contribution in [2.24, 2.45) is 0 Å². The van der Waals surface area contributed by atoms with Crippen LogP contribution in [0.1, 0.15) is 25.9 Å². The minimum atomic E-state index is -0.0977. The van der Waals surface area contributed by atoms with E-state index >= 15 is 0 Å². The maximum atomic E-state index is 12.2. The van der Waals surface area contributed by atoms with E-state index in [9.17, 15) is 4.79 Å². The van der Waals surface area contributed by atoms with E-state index < -0.39 is 0 Å². The van der Waals surface area contributed by atoms with Crippen LogP contribution >= 0.6 is 11.3 Å². The van der Waals surface area contributed by atoms with E-state index in [0.717, 1.165) is 22.0 Å². The smallest absolute Gasteiger partial charge is 0.263 e. The fourth-order valence-electron chi connectivity index (χ4n) is 2.15. The molecule has 6 heteroatoms. The van der Waals surface area contributed by atoms with Gasteiger partial charge in [0, 0.05) is 12.7 Å². The largest absolute Gasteiger partial charge is 0.463 e. The zero-order valence-corrected chi connectivity index (χ0v) is 13.1. The lowest BCUT2D eigenvalue weighted by molar-refractivity contribution is 0.0954. The van der Waals surface area contributed by atoms with Crippen LogP contribution < -0.4 is 5.32 Å². The van der Waals surface area contributed by atoms with E-state index in [2.05, 4.69) is 15.3 Å². The molecule has 0 saturated carbocycles. The van der Waals surface area contributed by atoms with Crippen LogP contribution in [0.5, 0.6) is 0 Å². The number of hydrogen-bond donors (Lipinski definition) is 1. The van der Waals surface area contributed by atoms with Gasteiger partial charge in [-0.1, -0.05) is 0 Å². The Labute approximate surface area is 132 Å². The van der Waals surface area contributed by atoms with Crippen LogP contribution in [-0.2, 0) is 6.54 Å². The van der Waals surface area contributed by atoms with Gasteiger partial charge in [0.15, 0.2) is 5.76 Å². The highest BCUT2D eigenvalue weighted by Crippen LogP contribution is 2.19. The Balaban J connectivity index is 1.70. The lowest BCUT2D eigenvalue weighted by atomic mass is 10.2. The quantitative estimate of drug-likeness (QED) is 0.802. The van der Waals surface area contributed by atoms with Crippen molar-refractivity contribution in [3.63, 3.8) is 0 Å². The molecule has 3 aromatic heterocycles. The number of carbonyl (C=O) groups excluding carboxylic acids is 1. The molecule has 0 aromatic carbocycles. The molecule has 0 spiro atoms. The molecule has 3 rings (SSSR count). The lowest BCUT2D eigenvalue weighted by Crippen LogP contribution is -2.22. The summed E-state index contributed by atoms with van der Waals surface area (Å²) in [5, 5.41) is 3.81. The molecule has 112 valence electrons. The monoisotopic (exact) mass is 313 g/mol. The molecule has 1 N–H and O–H groups in total. The summed E-state index contributed by atoms with van der Waals surface area (Å²) in [6.45, 7) is 4.18. The first-order valence-electron chi connectivity index (χ1n) is 6.84. The summed E-state index contributed by atoms with van der Waals surface area (Å²) in [5.41, 5.74) is 2.49. The molecular weight excluding hydrogens is 298 g/mol. The Kier molecular flexibility index (Phi) is 4.02. The molecule has 3 aromatic rings. The summed E-state index contributed by atoms with van der Waals surface area (Å²) in [4.78, 5) is 21.4. The average Bonchev–Trinajstić information content (AvgIpc) is 3.15. The molecule has 0 atom stereocenters. The van der Waals surface area contributed by atoms with Crippen molar-refractivity contribution in [1.29, 1.82) is 0 Å². The Morgan fingerprint density at radius 2 is 2.23 bits per heavy atom. The fourth-order valence-corrected chi connectivity index (χ4v) is 2.98. The number of rotatable bonds is 4. The SMILES string of the molecule is Cc1nc(C)c(C(=O)NCc2ccnc(-c3ccco3)c2)s1. The van der Waals surface area contributed by atoms with Crippen molar-refractivity contribution in [1.82, 2.24) is 15.3 Å². The van der Waals surface area contributed by atoms with Gasteiger partial charge in [-0.25, -0.2) is 4.98 Å². The Bertz CT molecular complexity index is 794. The van der Waals surface area contributed by atoms with Gasteiger partial charge in [0.25, 0.3) is 5.91 Å². The second-order valence-corrected chi connectivity index (χ2v) is 6.06. The van der Waals surface area contributed by atoms with Gasteiger partial charge in [0.2, 0.25) is 0 Å². The minimum Gasteiger partial charge on any atom is -0.463 e. The number of aryl methyl sites for hydroxylation is 2. The third-order valence-electron chi connectivity index (χ3n) is 3.16. The predicted molar refractivity (Wildman–Crippen MR) is 84.7 cm³/mol. The van der Waals surface area contributed by atoms with Gasteiger partial charge in [-0.3, -0.25) is 9.78 Å². The molecule has 22 heavy (non-hydrogen) atoms. The summed E-state index contributed by atoms with van der Waals surface area (Å²) in [6.07, 6.45) is 3.32. The molecule has 0 aliphatic heterocycles. The average molecular weight is 313 g/mol. The third kappa shape index (κ3) is 3.07. The molecule has 0 saturated heterocycles. The van der Waals surface area contributed by atoms with E-state index in [1.807, 2.05) is 38.1 Å². The van der Waals surface area contributed by atoms with Crippen molar-refractivity contribution >= 4 is 17.2 Å². The maximum Gasteiger partial charge on any atom is 0.263 e. The predicted octanol–water partition coefficient (Wildman–Crippen LogP) is 3.34. The van der Waals surface area contributed by atoms with E-state index in [4.69, 9.17) is 4.42 Å². The molecule has 0 bridgehead atoms. The first kappa shape index (κ1) is 14.5. The number of aromatic nitrogens is 2. The number of thiazole rings is 1. The highest BCUT2D eigenvalue weighted by atomic mass is 32.1. The number of amides is 1. The fraction of sp³-hybridized carbons (Fsp3) is 0.188. The second-order valence-electron chi connectivity index (χ2n) is 4.86. The van der Waals surface area contributed by atoms with Gasteiger partial charge in [-0.05, 0) is 43.7 Å². The van der Waals surface area contributed by atoms with E-state index in [-0.39, 0.29) is 5.91 Å².